The van der Waals surface area contributed by atoms with E-state index in [2.05, 4.69) is 19.2 Å². The van der Waals surface area contributed by atoms with Gasteiger partial charge in [-0.05, 0) is 12.5 Å². The number of rotatable bonds is 5. The van der Waals surface area contributed by atoms with Crippen LogP contribution in [0.15, 0.2) is 18.2 Å². The maximum atomic E-state index is 5.76. The summed E-state index contributed by atoms with van der Waals surface area (Å²) in [6, 6.07) is 6.25. The molecule has 2 atom stereocenters. The Morgan fingerprint density at radius 3 is 2.68 bits per heavy atom. The fraction of sp³-hybridized carbons (Fsp3) is 0.600. The third-order valence-electron chi connectivity index (χ3n) is 4.31. The second-order valence-corrected chi connectivity index (χ2v) is 5.79. The zero-order valence-electron chi connectivity index (χ0n) is 12.2. The molecule has 0 amide bonds. The predicted molar refractivity (Wildman–Crippen MR) is 77.2 cm³/mol. The first-order valence-corrected chi connectivity index (χ1v) is 6.67. The molecule has 2 rings (SSSR count). The van der Waals surface area contributed by atoms with E-state index in [-0.39, 0.29) is 5.41 Å². The lowest BCUT2D eigenvalue weighted by molar-refractivity contribution is -0.0979. The number of anilines is 1. The van der Waals surface area contributed by atoms with Crippen molar-refractivity contribution in [1.82, 2.24) is 5.32 Å². The van der Waals surface area contributed by atoms with E-state index in [4.69, 9.17) is 15.2 Å². The van der Waals surface area contributed by atoms with Crippen LogP contribution in [-0.4, -0.2) is 26.4 Å². The van der Waals surface area contributed by atoms with Gasteiger partial charge in [-0.15, -0.1) is 0 Å². The number of nitrogen functional groups attached to an aromatic ring is 1. The molecule has 1 aromatic rings. The van der Waals surface area contributed by atoms with E-state index in [1.807, 2.05) is 18.2 Å². The van der Waals surface area contributed by atoms with Crippen LogP contribution in [0.1, 0.15) is 25.8 Å². The zero-order valence-corrected chi connectivity index (χ0v) is 12.2. The normalized spacial score (nSPS) is 24.8. The van der Waals surface area contributed by atoms with Gasteiger partial charge in [0.1, 0.15) is 5.75 Å². The molecule has 106 valence electrons. The Balaban J connectivity index is 1.97. The maximum absolute atomic E-state index is 5.76. The van der Waals surface area contributed by atoms with Crippen LogP contribution in [0.5, 0.6) is 5.75 Å². The Kier molecular flexibility index (Phi) is 4.02. The summed E-state index contributed by atoms with van der Waals surface area (Å²) in [6.07, 6.45) is 1.40. The predicted octanol–water partition coefficient (Wildman–Crippen LogP) is 2.18. The summed E-state index contributed by atoms with van der Waals surface area (Å²) < 4.78 is 10.8. The molecule has 0 aliphatic heterocycles. The van der Waals surface area contributed by atoms with Gasteiger partial charge in [0.15, 0.2) is 0 Å². The van der Waals surface area contributed by atoms with Gasteiger partial charge in [-0.2, -0.15) is 0 Å². The molecule has 0 bridgehead atoms. The van der Waals surface area contributed by atoms with Gasteiger partial charge in [0.25, 0.3) is 0 Å². The van der Waals surface area contributed by atoms with Crippen molar-refractivity contribution in [1.29, 1.82) is 0 Å². The molecule has 1 aliphatic carbocycles. The van der Waals surface area contributed by atoms with E-state index in [1.165, 1.54) is 0 Å². The highest BCUT2D eigenvalue weighted by molar-refractivity contribution is 5.48. The Bertz CT molecular complexity index is 446. The highest BCUT2D eigenvalue weighted by Crippen LogP contribution is 2.42. The van der Waals surface area contributed by atoms with Crippen molar-refractivity contribution in [2.75, 3.05) is 20.0 Å². The Hall–Kier alpha value is -1.26. The molecule has 0 saturated heterocycles. The quantitative estimate of drug-likeness (QED) is 0.800. The molecule has 0 heterocycles. The maximum Gasteiger partial charge on any atom is 0.125 e. The van der Waals surface area contributed by atoms with Gasteiger partial charge in [0.2, 0.25) is 0 Å². The summed E-state index contributed by atoms with van der Waals surface area (Å²) >= 11 is 0. The van der Waals surface area contributed by atoms with Crippen LogP contribution in [0, 0.1) is 5.41 Å². The van der Waals surface area contributed by atoms with Gasteiger partial charge < -0.3 is 20.5 Å². The Labute approximate surface area is 115 Å². The third kappa shape index (κ3) is 2.69. The van der Waals surface area contributed by atoms with Crippen molar-refractivity contribution in [2.45, 2.75) is 39.0 Å². The van der Waals surface area contributed by atoms with Crippen LogP contribution in [0.2, 0.25) is 0 Å². The molecule has 1 fully saturated rings. The summed E-state index contributed by atoms with van der Waals surface area (Å²) in [5.74, 6) is 0.841. The van der Waals surface area contributed by atoms with Gasteiger partial charge in [-0.25, -0.2) is 0 Å². The number of nitrogens with two attached hydrogens (primary N) is 1. The Morgan fingerprint density at radius 1 is 1.37 bits per heavy atom. The summed E-state index contributed by atoms with van der Waals surface area (Å²) in [6.45, 7) is 5.26. The SMILES string of the molecule is COc1cc(N)ccc1CNC1CC(OC)C1(C)C. The van der Waals surface area contributed by atoms with Crippen LogP contribution in [0.3, 0.4) is 0 Å². The van der Waals surface area contributed by atoms with Crippen LogP contribution in [0.4, 0.5) is 5.69 Å². The molecular weight excluding hydrogens is 240 g/mol. The minimum absolute atomic E-state index is 0.176. The average Bonchev–Trinajstić information content (AvgIpc) is 2.39. The largest absolute Gasteiger partial charge is 0.496 e. The summed E-state index contributed by atoms with van der Waals surface area (Å²) in [5, 5.41) is 3.58. The van der Waals surface area contributed by atoms with E-state index in [1.54, 1.807) is 14.2 Å². The fourth-order valence-corrected chi connectivity index (χ4v) is 2.77. The fourth-order valence-electron chi connectivity index (χ4n) is 2.77. The topological polar surface area (TPSA) is 56.5 Å². The smallest absolute Gasteiger partial charge is 0.125 e. The molecule has 0 spiro atoms. The van der Waals surface area contributed by atoms with Gasteiger partial charge in [0.05, 0.1) is 13.2 Å². The third-order valence-corrected chi connectivity index (χ3v) is 4.31. The van der Waals surface area contributed by atoms with E-state index in [0.717, 1.165) is 30.0 Å². The molecule has 19 heavy (non-hydrogen) atoms. The van der Waals surface area contributed by atoms with Gasteiger partial charge >= 0.3 is 0 Å². The van der Waals surface area contributed by atoms with Crippen molar-refractivity contribution in [2.24, 2.45) is 5.41 Å². The Morgan fingerprint density at radius 2 is 2.11 bits per heavy atom. The van der Waals surface area contributed by atoms with Gasteiger partial charge in [-0.1, -0.05) is 19.9 Å². The zero-order chi connectivity index (χ0) is 14.0. The molecule has 0 aromatic heterocycles. The summed E-state index contributed by atoms with van der Waals surface area (Å²) in [5.41, 5.74) is 7.79. The number of nitrogens with one attached hydrogen (secondary N) is 1. The molecule has 1 saturated carbocycles. The van der Waals surface area contributed by atoms with Crippen molar-refractivity contribution in [3.8, 4) is 5.75 Å². The van der Waals surface area contributed by atoms with E-state index >= 15 is 0 Å². The summed E-state index contributed by atoms with van der Waals surface area (Å²) in [7, 11) is 3.46. The molecule has 2 unspecified atom stereocenters. The number of hydrogen-bond donors (Lipinski definition) is 2. The summed E-state index contributed by atoms with van der Waals surface area (Å²) in [4.78, 5) is 0. The van der Waals surface area contributed by atoms with E-state index in [9.17, 15) is 0 Å². The van der Waals surface area contributed by atoms with Crippen molar-refractivity contribution < 1.29 is 9.47 Å². The first-order chi connectivity index (χ1) is 8.98. The highest BCUT2D eigenvalue weighted by atomic mass is 16.5. The first kappa shape index (κ1) is 14.2. The van der Waals surface area contributed by atoms with E-state index in [0.29, 0.717) is 12.1 Å². The highest BCUT2D eigenvalue weighted by Gasteiger charge is 2.48. The molecule has 1 aliphatic rings. The molecular formula is C15H24N2O2. The first-order valence-electron chi connectivity index (χ1n) is 6.67. The minimum Gasteiger partial charge on any atom is -0.496 e. The van der Waals surface area contributed by atoms with Crippen molar-refractivity contribution >= 4 is 5.69 Å². The lowest BCUT2D eigenvalue weighted by atomic mass is 9.64. The average molecular weight is 264 g/mol. The van der Waals surface area contributed by atoms with Gasteiger partial charge in [0, 0.05) is 42.4 Å². The van der Waals surface area contributed by atoms with Gasteiger partial charge in [-0.3, -0.25) is 0 Å². The lowest BCUT2D eigenvalue weighted by Crippen LogP contribution is -2.60. The number of hydrogen-bond acceptors (Lipinski definition) is 4. The van der Waals surface area contributed by atoms with Crippen LogP contribution >= 0.6 is 0 Å². The van der Waals surface area contributed by atoms with E-state index < -0.39 is 0 Å². The lowest BCUT2D eigenvalue weighted by Gasteiger charge is -2.51. The van der Waals surface area contributed by atoms with Crippen LogP contribution in [0.25, 0.3) is 0 Å². The second-order valence-electron chi connectivity index (χ2n) is 5.79. The minimum atomic E-state index is 0.176. The molecule has 0 radical (unpaired) electrons. The molecule has 4 nitrogen and oxygen atoms in total. The monoisotopic (exact) mass is 264 g/mol. The second kappa shape index (κ2) is 5.39. The number of methoxy groups -OCH3 is 2. The van der Waals surface area contributed by atoms with Crippen LogP contribution in [-0.2, 0) is 11.3 Å². The van der Waals surface area contributed by atoms with Crippen molar-refractivity contribution in [3.63, 3.8) is 0 Å². The number of benzene rings is 1. The molecule has 4 heteroatoms. The van der Waals surface area contributed by atoms with Crippen LogP contribution < -0.4 is 15.8 Å². The molecule has 3 N–H and O–H groups in total. The number of ether oxygens (including phenoxy) is 2. The molecule has 1 aromatic carbocycles. The standard InChI is InChI=1S/C15H24N2O2/c1-15(2)13(8-14(15)19-4)17-9-10-5-6-11(16)7-12(10)18-3/h5-7,13-14,17H,8-9,16H2,1-4H3. The van der Waals surface area contributed by atoms with Crippen molar-refractivity contribution in [3.05, 3.63) is 23.8 Å².